The van der Waals surface area contributed by atoms with E-state index >= 15 is 0 Å². The molecular weight excluding hydrogens is 380 g/mol. The number of sulfonamides is 1. The molecule has 0 spiro atoms. The third kappa shape index (κ3) is 3.63. The molecule has 0 aliphatic carbocycles. The van der Waals surface area contributed by atoms with Crippen LogP contribution in [0, 0.1) is 0 Å². The lowest BCUT2D eigenvalue weighted by Crippen LogP contribution is -2.26. The molecule has 0 aliphatic heterocycles. The van der Waals surface area contributed by atoms with Gasteiger partial charge in [0.05, 0.1) is 28.9 Å². The summed E-state index contributed by atoms with van der Waals surface area (Å²) in [5, 5.41) is 9.57. The van der Waals surface area contributed by atoms with Gasteiger partial charge in [0, 0.05) is 6.07 Å². The van der Waals surface area contributed by atoms with Crippen LogP contribution in [0.25, 0.3) is 0 Å². The van der Waals surface area contributed by atoms with Gasteiger partial charge in [0.25, 0.3) is 15.9 Å². The van der Waals surface area contributed by atoms with Crippen molar-refractivity contribution in [3.05, 3.63) is 78.4 Å². The molecule has 0 bridgehead atoms. The zero-order valence-electron chi connectivity index (χ0n) is 14.9. The molecule has 3 rings (SSSR count). The van der Waals surface area contributed by atoms with Crippen LogP contribution in [0.2, 0.25) is 0 Å². The van der Waals surface area contributed by atoms with Crippen molar-refractivity contribution in [1.29, 1.82) is 0 Å². The first-order valence-corrected chi connectivity index (χ1v) is 9.66. The summed E-state index contributed by atoms with van der Waals surface area (Å²) in [6.07, 6.45) is 0. The summed E-state index contributed by atoms with van der Waals surface area (Å²) in [5.74, 6) is -0.537. The normalized spacial score (nSPS) is 11.0. The smallest absolute Gasteiger partial charge is 0.268 e. The van der Waals surface area contributed by atoms with Crippen molar-refractivity contribution in [1.82, 2.24) is 0 Å². The second-order valence-electron chi connectivity index (χ2n) is 5.85. The molecule has 7 nitrogen and oxygen atoms in total. The summed E-state index contributed by atoms with van der Waals surface area (Å²) in [6.45, 7) is 0. The number of phenols is 1. The quantitative estimate of drug-likeness (QED) is 0.663. The molecule has 144 valence electrons. The molecule has 0 radical (unpaired) electrons. The standard InChI is InChI=1S/C20H18N2O5S/c1-27-19-13-15(9-12-18(19)20(21)24)22(14-7-10-16(23)11-8-14)28(25,26)17-5-3-2-4-6-17/h2-13,23H,1H3,(H2,21,24). The van der Waals surface area contributed by atoms with E-state index in [9.17, 15) is 18.3 Å². The second-order valence-corrected chi connectivity index (χ2v) is 7.63. The molecule has 8 heteroatoms. The van der Waals surface area contributed by atoms with E-state index in [2.05, 4.69) is 0 Å². The third-order valence-electron chi connectivity index (χ3n) is 4.05. The van der Waals surface area contributed by atoms with Gasteiger partial charge in [0.15, 0.2) is 0 Å². The van der Waals surface area contributed by atoms with Crippen LogP contribution in [0.5, 0.6) is 11.5 Å². The van der Waals surface area contributed by atoms with E-state index in [0.29, 0.717) is 5.69 Å². The number of hydrogen-bond donors (Lipinski definition) is 2. The van der Waals surface area contributed by atoms with Crippen LogP contribution in [-0.2, 0) is 10.0 Å². The minimum atomic E-state index is -4.00. The predicted molar refractivity (Wildman–Crippen MR) is 105 cm³/mol. The summed E-state index contributed by atoms with van der Waals surface area (Å²) in [4.78, 5) is 11.7. The topological polar surface area (TPSA) is 110 Å². The fourth-order valence-electron chi connectivity index (χ4n) is 2.72. The lowest BCUT2D eigenvalue weighted by molar-refractivity contribution is 0.0997. The van der Waals surface area contributed by atoms with Gasteiger partial charge in [-0.05, 0) is 48.5 Å². The largest absolute Gasteiger partial charge is 0.508 e. The van der Waals surface area contributed by atoms with Gasteiger partial charge in [0.1, 0.15) is 11.5 Å². The number of primary amides is 1. The van der Waals surface area contributed by atoms with Gasteiger partial charge in [-0.2, -0.15) is 0 Å². The molecule has 0 saturated heterocycles. The number of carbonyl (C=O) groups is 1. The number of hydrogen-bond acceptors (Lipinski definition) is 5. The van der Waals surface area contributed by atoms with Crippen molar-refractivity contribution in [2.75, 3.05) is 11.4 Å². The highest BCUT2D eigenvalue weighted by Gasteiger charge is 2.27. The summed E-state index contributed by atoms with van der Waals surface area (Å²) >= 11 is 0. The number of ether oxygens (including phenoxy) is 1. The number of nitrogens with two attached hydrogens (primary N) is 1. The summed E-state index contributed by atoms with van der Waals surface area (Å²) < 4.78 is 33.0. The highest BCUT2D eigenvalue weighted by molar-refractivity contribution is 7.93. The van der Waals surface area contributed by atoms with Crippen molar-refractivity contribution >= 4 is 27.3 Å². The first-order chi connectivity index (χ1) is 13.3. The average Bonchev–Trinajstić information content (AvgIpc) is 2.70. The molecule has 0 aliphatic rings. The van der Waals surface area contributed by atoms with Crippen molar-refractivity contribution in [3.63, 3.8) is 0 Å². The highest BCUT2D eigenvalue weighted by atomic mass is 32.2. The molecule has 1 amide bonds. The van der Waals surface area contributed by atoms with Crippen LogP contribution in [0.4, 0.5) is 11.4 Å². The molecule has 28 heavy (non-hydrogen) atoms. The number of benzene rings is 3. The monoisotopic (exact) mass is 398 g/mol. The number of methoxy groups -OCH3 is 1. The number of anilines is 2. The molecule has 0 fully saturated rings. The van der Waals surface area contributed by atoms with Crippen LogP contribution in [0.1, 0.15) is 10.4 Å². The molecule has 3 N–H and O–H groups in total. The van der Waals surface area contributed by atoms with Crippen LogP contribution < -0.4 is 14.8 Å². The number of phenolic OH excluding ortho intramolecular Hbond substituents is 1. The maximum Gasteiger partial charge on any atom is 0.268 e. The molecular formula is C20H18N2O5S. The van der Waals surface area contributed by atoms with E-state index in [-0.39, 0.29) is 27.6 Å². The lowest BCUT2D eigenvalue weighted by atomic mass is 10.1. The lowest BCUT2D eigenvalue weighted by Gasteiger charge is -2.25. The summed E-state index contributed by atoms with van der Waals surface area (Å²) in [6, 6.07) is 18.0. The van der Waals surface area contributed by atoms with E-state index in [4.69, 9.17) is 10.5 Å². The number of rotatable bonds is 6. The zero-order chi connectivity index (χ0) is 20.3. The Labute approximate surface area is 162 Å². The van der Waals surface area contributed by atoms with E-state index in [1.807, 2.05) is 0 Å². The number of nitrogens with zero attached hydrogens (tertiary/aromatic N) is 1. The van der Waals surface area contributed by atoms with Gasteiger partial charge < -0.3 is 15.6 Å². The molecule has 0 unspecified atom stereocenters. The van der Waals surface area contributed by atoms with Gasteiger partial charge in [-0.1, -0.05) is 18.2 Å². The maximum atomic E-state index is 13.4. The van der Waals surface area contributed by atoms with Gasteiger partial charge in [-0.15, -0.1) is 0 Å². The minimum Gasteiger partial charge on any atom is -0.508 e. The van der Waals surface area contributed by atoms with Crippen molar-refractivity contribution in [2.24, 2.45) is 5.73 Å². The van der Waals surface area contributed by atoms with Gasteiger partial charge in [-0.25, -0.2) is 12.7 Å². The molecule has 3 aromatic rings. The molecule has 0 heterocycles. The zero-order valence-corrected chi connectivity index (χ0v) is 15.8. The van der Waals surface area contributed by atoms with E-state index in [0.717, 1.165) is 4.31 Å². The Kier molecular flexibility index (Phi) is 5.23. The Hall–Kier alpha value is -3.52. The van der Waals surface area contributed by atoms with E-state index in [1.54, 1.807) is 18.2 Å². The average molecular weight is 398 g/mol. The second kappa shape index (κ2) is 7.61. The molecule has 3 aromatic carbocycles. The Balaban J connectivity index is 2.23. The van der Waals surface area contributed by atoms with Crippen LogP contribution >= 0.6 is 0 Å². The third-order valence-corrected chi connectivity index (χ3v) is 5.82. The Morgan fingerprint density at radius 1 is 0.964 bits per heavy atom. The SMILES string of the molecule is COc1cc(N(c2ccc(O)cc2)S(=O)(=O)c2ccccc2)ccc1C(N)=O. The molecule has 0 atom stereocenters. The Morgan fingerprint density at radius 3 is 2.14 bits per heavy atom. The van der Waals surface area contributed by atoms with E-state index in [1.165, 1.54) is 61.7 Å². The highest BCUT2D eigenvalue weighted by Crippen LogP contribution is 2.36. The predicted octanol–water partition coefficient (Wildman–Crippen LogP) is 3.03. The van der Waals surface area contributed by atoms with E-state index < -0.39 is 15.9 Å². The Bertz CT molecular complexity index is 1100. The van der Waals surface area contributed by atoms with Gasteiger partial charge in [0.2, 0.25) is 0 Å². The number of amides is 1. The van der Waals surface area contributed by atoms with Crippen LogP contribution in [-0.4, -0.2) is 26.5 Å². The van der Waals surface area contributed by atoms with Gasteiger partial charge in [-0.3, -0.25) is 4.79 Å². The van der Waals surface area contributed by atoms with Crippen LogP contribution in [0.15, 0.2) is 77.7 Å². The fourth-order valence-corrected chi connectivity index (χ4v) is 4.22. The summed E-state index contributed by atoms with van der Waals surface area (Å²) in [7, 11) is -2.63. The number of carbonyl (C=O) groups excluding carboxylic acids is 1. The number of aromatic hydroxyl groups is 1. The first kappa shape index (κ1) is 19.2. The fraction of sp³-hybridized carbons (Fsp3) is 0.0500. The first-order valence-electron chi connectivity index (χ1n) is 8.22. The van der Waals surface area contributed by atoms with Crippen molar-refractivity contribution in [3.8, 4) is 11.5 Å². The molecule has 0 aromatic heterocycles. The summed E-state index contributed by atoms with van der Waals surface area (Å²) in [5.41, 5.74) is 6.02. The van der Waals surface area contributed by atoms with Crippen LogP contribution in [0.3, 0.4) is 0 Å². The Morgan fingerprint density at radius 2 is 1.57 bits per heavy atom. The maximum absolute atomic E-state index is 13.4. The minimum absolute atomic E-state index is 0.00228. The molecule has 0 saturated carbocycles. The van der Waals surface area contributed by atoms with Gasteiger partial charge >= 0.3 is 0 Å². The van der Waals surface area contributed by atoms with Crippen molar-refractivity contribution < 1.29 is 23.1 Å². The van der Waals surface area contributed by atoms with Crippen molar-refractivity contribution in [2.45, 2.75) is 4.90 Å².